The molecule has 30 heavy (non-hydrogen) atoms. The SMILES string of the molecule is CC=C(C=C(CC)C(C)(C)C)c1ccc2c(c1)c1ccccc1n2-c1ccccc1. The van der Waals surface area contributed by atoms with E-state index in [-0.39, 0.29) is 5.41 Å². The zero-order chi connectivity index (χ0) is 21.3. The van der Waals surface area contributed by atoms with Crippen LogP contribution >= 0.6 is 0 Å². The van der Waals surface area contributed by atoms with Crippen LogP contribution in [0.25, 0.3) is 33.1 Å². The van der Waals surface area contributed by atoms with E-state index in [1.54, 1.807) is 0 Å². The fourth-order valence-electron chi connectivity index (χ4n) is 4.38. The normalized spacial score (nSPS) is 13.4. The molecule has 3 aromatic carbocycles. The first-order valence-corrected chi connectivity index (χ1v) is 10.9. The smallest absolute Gasteiger partial charge is 0.0541 e. The minimum atomic E-state index is 0.177. The molecule has 0 unspecified atom stereocenters. The van der Waals surface area contributed by atoms with E-state index in [1.807, 2.05) is 0 Å². The summed E-state index contributed by atoms with van der Waals surface area (Å²) in [5, 5.41) is 2.60. The van der Waals surface area contributed by atoms with E-state index in [4.69, 9.17) is 0 Å². The van der Waals surface area contributed by atoms with E-state index < -0.39 is 0 Å². The summed E-state index contributed by atoms with van der Waals surface area (Å²) in [7, 11) is 0. The second-order valence-corrected chi connectivity index (χ2v) is 8.94. The standard InChI is InChI=1S/C29H31N/c1-6-21(19-23(7-2)29(3,4)5)22-17-18-28-26(20-22)25-15-11-12-16-27(25)30(28)24-13-9-8-10-14-24/h6,8-20H,7H2,1-5H3. The Morgan fingerprint density at radius 3 is 2.17 bits per heavy atom. The zero-order valence-electron chi connectivity index (χ0n) is 18.7. The summed E-state index contributed by atoms with van der Waals surface area (Å²) in [6.45, 7) is 11.3. The van der Waals surface area contributed by atoms with Gasteiger partial charge < -0.3 is 4.57 Å². The molecule has 0 bridgehead atoms. The van der Waals surface area contributed by atoms with Crippen LogP contribution in [0, 0.1) is 5.41 Å². The van der Waals surface area contributed by atoms with Gasteiger partial charge in [-0.1, -0.05) is 87.9 Å². The van der Waals surface area contributed by atoms with Crippen molar-refractivity contribution in [1.82, 2.24) is 4.57 Å². The van der Waals surface area contributed by atoms with Crippen LogP contribution in [0.15, 0.2) is 90.5 Å². The van der Waals surface area contributed by atoms with E-state index in [1.165, 1.54) is 44.2 Å². The monoisotopic (exact) mass is 393 g/mol. The van der Waals surface area contributed by atoms with Crippen molar-refractivity contribution in [3.8, 4) is 5.69 Å². The average Bonchev–Trinajstić information content (AvgIpc) is 3.08. The molecule has 0 spiro atoms. The Kier molecular flexibility index (Phi) is 5.39. The zero-order valence-corrected chi connectivity index (χ0v) is 18.7. The van der Waals surface area contributed by atoms with E-state index >= 15 is 0 Å². The first-order valence-electron chi connectivity index (χ1n) is 10.9. The first-order chi connectivity index (χ1) is 14.4. The molecule has 0 saturated carbocycles. The molecule has 0 aliphatic rings. The lowest BCUT2D eigenvalue weighted by atomic mass is 9.83. The van der Waals surface area contributed by atoms with Gasteiger partial charge >= 0.3 is 0 Å². The highest BCUT2D eigenvalue weighted by Crippen LogP contribution is 2.35. The summed E-state index contributed by atoms with van der Waals surface area (Å²) < 4.78 is 2.37. The second-order valence-electron chi connectivity index (χ2n) is 8.94. The molecule has 4 aromatic rings. The summed E-state index contributed by atoms with van der Waals surface area (Å²) >= 11 is 0. The molecule has 0 amide bonds. The summed E-state index contributed by atoms with van der Waals surface area (Å²) in [5.74, 6) is 0. The van der Waals surface area contributed by atoms with Crippen LogP contribution in [0.5, 0.6) is 0 Å². The van der Waals surface area contributed by atoms with Gasteiger partial charge in [0.05, 0.1) is 11.0 Å². The van der Waals surface area contributed by atoms with Gasteiger partial charge in [-0.2, -0.15) is 0 Å². The van der Waals surface area contributed by atoms with E-state index in [0.29, 0.717) is 0 Å². The van der Waals surface area contributed by atoms with Gasteiger partial charge in [0.1, 0.15) is 0 Å². The molecule has 0 radical (unpaired) electrons. The number of rotatable bonds is 4. The number of hydrogen-bond donors (Lipinski definition) is 0. The Morgan fingerprint density at radius 2 is 1.50 bits per heavy atom. The van der Waals surface area contributed by atoms with Gasteiger partial charge in [0, 0.05) is 16.5 Å². The highest BCUT2D eigenvalue weighted by atomic mass is 15.0. The highest BCUT2D eigenvalue weighted by molar-refractivity contribution is 6.10. The Labute approximate surface area is 180 Å². The predicted octanol–water partition coefficient (Wildman–Crippen LogP) is 8.57. The molecule has 0 saturated heterocycles. The number of benzene rings is 3. The van der Waals surface area contributed by atoms with Crippen molar-refractivity contribution in [2.45, 2.75) is 41.0 Å². The van der Waals surface area contributed by atoms with Crippen molar-refractivity contribution in [2.75, 3.05) is 0 Å². The van der Waals surface area contributed by atoms with Crippen LogP contribution in [0.4, 0.5) is 0 Å². The molecular formula is C29H31N. The van der Waals surface area contributed by atoms with Gasteiger partial charge in [0.2, 0.25) is 0 Å². The van der Waals surface area contributed by atoms with Gasteiger partial charge in [-0.15, -0.1) is 0 Å². The molecule has 1 heterocycles. The van der Waals surface area contributed by atoms with Crippen molar-refractivity contribution in [3.05, 3.63) is 96.1 Å². The molecule has 0 fully saturated rings. The van der Waals surface area contributed by atoms with E-state index in [0.717, 1.165) is 6.42 Å². The van der Waals surface area contributed by atoms with Gasteiger partial charge in [-0.25, -0.2) is 0 Å². The molecule has 152 valence electrons. The largest absolute Gasteiger partial charge is 0.309 e. The molecule has 1 heteroatoms. The molecule has 0 N–H and O–H groups in total. The van der Waals surface area contributed by atoms with Crippen molar-refractivity contribution in [3.63, 3.8) is 0 Å². The first kappa shape index (κ1) is 20.2. The number of para-hydroxylation sites is 2. The Balaban J connectivity index is 1.94. The van der Waals surface area contributed by atoms with Gasteiger partial charge in [-0.3, -0.25) is 0 Å². The third kappa shape index (κ3) is 3.61. The topological polar surface area (TPSA) is 4.93 Å². The van der Waals surface area contributed by atoms with Crippen LogP contribution in [-0.2, 0) is 0 Å². The quantitative estimate of drug-likeness (QED) is 0.306. The molecule has 0 aliphatic carbocycles. The summed E-state index contributed by atoms with van der Waals surface area (Å²) in [6, 6.07) is 26.2. The summed E-state index contributed by atoms with van der Waals surface area (Å²) in [5.41, 5.74) is 7.91. The maximum atomic E-state index is 2.39. The Morgan fingerprint density at radius 1 is 0.833 bits per heavy atom. The fourth-order valence-corrected chi connectivity index (χ4v) is 4.38. The van der Waals surface area contributed by atoms with Crippen LogP contribution in [0.2, 0.25) is 0 Å². The Bertz CT molecular complexity index is 1240. The van der Waals surface area contributed by atoms with Crippen molar-refractivity contribution in [1.29, 1.82) is 0 Å². The molecule has 4 rings (SSSR count). The van der Waals surface area contributed by atoms with Gasteiger partial charge in [-0.05, 0) is 60.2 Å². The number of fused-ring (bicyclic) bond motifs is 3. The second kappa shape index (κ2) is 7.99. The van der Waals surface area contributed by atoms with Gasteiger partial charge in [0.15, 0.2) is 0 Å². The van der Waals surface area contributed by atoms with Crippen molar-refractivity contribution >= 4 is 27.4 Å². The lowest BCUT2D eigenvalue weighted by molar-refractivity contribution is 0.488. The lowest BCUT2D eigenvalue weighted by Crippen LogP contribution is -2.08. The summed E-state index contributed by atoms with van der Waals surface area (Å²) in [4.78, 5) is 0. The maximum absolute atomic E-state index is 2.39. The number of hydrogen-bond acceptors (Lipinski definition) is 0. The third-order valence-electron chi connectivity index (χ3n) is 6.01. The highest BCUT2D eigenvalue weighted by Gasteiger charge is 2.17. The number of allylic oxidation sites excluding steroid dienone is 4. The minimum Gasteiger partial charge on any atom is -0.309 e. The summed E-state index contributed by atoms with van der Waals surface area (Å²) in [6.07, 6.45) is 5.69. The fraction of sp³-hybridized carbons (Fsp3) is 0.241. The molecule has 0 atom stereocenters. The number of nitrogens with zero attached hydrogens (tertiary/aromatic N) is 1. The predicted molar refractivity (Wildman–Crippen MR) is 132 cm³/mol. The number of aromatic nitrogens is 1. The molecule has 1 aromatic heterocycles. The lowest BCUT2D eigenvalue weighted by Gasteiger charge is -2.23. The van der Waals surface area contributed by atoms with Crippen molar-refractivity contribution < 1.29 is 0 Å². The minimum absolute atomic E-state index is 0.177. The molecule has 1 nitrogen and oxygen atoms in total. The maximum Gasteiger partial charge on any atom is 0.0541 e. The van der Waals surface area contributed by atoms with Crippen LogP contribution in [0.3, 0.4) is 0 Å². The van der Waals surface area contributed by atoms with E-state index in [2.05, 4.69) is 124 Å². The van der Waals surface area contributed by atoms with Crippen molar-refractivity contribution in [2.24, 2.45) is 5.41 Å². The van der Waals surface area contributed by atoms with Crippen LogP contribution in [0.1, 0.15) is 46.6 Å². The van der Waals surface area contributed by atoms with Crippen LogP contribution < -0.4 is 0 Å². The Hall–Kier alpha value is -3.06. The van der Waals surface area contributed by atoms with E-state index in [9.17, 15) is 0 Å². The third-order valence-corrected chi connectivity index (χ3v) is 6.01. The van der Waals surface area contributed by atoms with Gasteiger partial charge in [0.25, 0.3) is 0 Å². The molecule has 0 aliphatic heterocycles. The van der Waals surface area contributed by atoms with Crippen LogP contribution in [-0.4, -0.2) is 4.57 Å². The average molecular weight is 394 g/mol. The molecular weight excluding hydrogens is 362 g/mol.